The maximum atomic E-state index is 13.7. The Morgan fingerprint density at radius 1 is 1.10 bits per heavy atom. The Hall–Kier alpha value is -2.87. The topological polar surface area (TPSA) is 156 Å². The summed E-state index contributed by atoms with van der Waals surface area (Å²) in [6, 6.07) is 11.4. The Bertz CT molecular complexity index is 1630. The fourth-order valence-corrected chi connectivity index (χ4v) is 8.79. The van der Waals surface area contributed by atoms with Crippen LogP contribution in [0, 0.1) is 12.3 Å². The highest BCUT2D eigenvalue weighted by Gasteiger charge is 2.26. The minimum absolute atomic E-state index is 0.0755. The molecule has 4 N–H and O–H groups in total. The number of unbranched alkanes of at least 4 members (excludes halogenated alkanes) is 2. The van der Waals surface area contributed by atoms with E-state index in [1.54, 1.807) is 36.6 Å². The molecular weight excluding hydrogens is 591 g/mol. The van der Waals surface area contributed by atoms with Crippen molar-refractivity contribution in [1.29, 1.82) is 5.41 Å². The molecule has 0 bridgehead atoms. The van der Waals surface area contributed by atoms with Crippen molar-refractivity contribution in [3.05, 3.63) is 52.9 Å². The Morgan fingerprint density at radius 3 is 2.45 bits per heavy atom. The first-order chi connectivity index (χ1) is 18.8. The number of ether oxygens (including phenoxy) is 1. The van der Waals surface area contributed by atoms with Gasteiger partial charge in [-0.15, -0.1) is 23.1 Å². The van der Waals surface area contributed by atoms with Crippen LogP contribution >= 0.6 is 23.1 Å². The number of anilines is 1. The number of amidine groups is 1. The van der Waals surface area contributed by atoms with E-state index in [0.29, 0.717) is 50.9 Å². The zero-order chi connectivity index (χ0) is 29.7. The number of benzene rings is 2. The number of rotatable bonds is 13. The van der Waals surface area contributed by atoms with Crippen molar-refractivity contribution in [3.63, 3.8) is 0 Å². The fourth-order valence-electron chi connectivity index (χ4n) is 4.16. The summed E-state index contributed by atoms with van der Waals surface area (Å²) in [5, 5.41) is 10.6. The van der Waals surface area contributed by atoms with Gasteiger partial charge in [-0.2, -0.15) is 0 Å². The molecule has 0 unspecified atom stereocenters. The predicted molar refractivity (Wildman–Crippen MR) is 163 cm³/mol. The van der Waals surface area contributed by atoms with Gasteiger partial charge in [-0.1, -0.05) is 18.6 Å². The van der Waals surface area contributed by atoms with E-state index in [0.717, 1.165) is 16.9 Å². The van der Waals surface area contributed by atoms with Crippen LogP contribution in [0.25, 0.3) is 11.1 Å². The molecule has 0 saturated carbocycles. The van der Waals surface area contributed by atoms with E-state index in [4.69, 9.17) is 15.9 Å². The zero-order valence-corrected chi connectivity index (χ0v) is 26.0. The van der Waals surface area contributed by atoms with Gasteiger partial charge in [-0.25, -0.2) is 16.8 Å². The number of sulfone groups is 2. The molecule has 3 rings (SSSR count). The van der Waals surface area contributed by atoms with Crippen molar-refractivity contribution in [2.24, 2.45) is 5.73 Å². The summed E-state index contributed by atoms with van der Waals surface area (Å²) < 4.78 is 55.9. The third kappa shape index (κ3) is 7.87. The van der Waals surface area contributed by atoms with Gasteiger partial charge >= 0.3 is 0 Å². The molecule has 1 amide bonds. The lowest BCUT2D eigenvalue weighted by atomic mass is 9.97. The number of carbonyl (C=O) groups is 1. The molecule has 13 heteroatoms. The van der Waals surface area contributed by atoms with E-state index in [1.807, 2.05) is 6.92 Å². The molecule has 0 saturated heterocycles. The van der Waals surface area contributed by atoms with E-state index < -0.39 is 19.7 Å². The van der Waals surface area contributed by atoms with E-state index in [9.17, 15) is 21.6 Å². The lowest BCUT2D eigenvalue weighted by molar-refractivity contribution is -0.116. The number of methoxy groups -OCH3 is 1. The first-order valence-corrected chi connectivity index (χ1v) is 17.9. The van der Waals surface area contributed by atoms with Crippen LogP contribution in [0.15, 0.2) is 56.5 Å². The molecule has 3 aromatic rings. The number of carbonyl (C=O) groups excluding carboxylic acids is 1. The van der Waals surface area contributed by atoms with E-state index in [1.165, 1.54) is 37.3 Å². The van der Waals surface area contributed by atoms with Gasteiger partial charge in [0.2, 0.25) is 15.7 Å². The van der Waals surface area contributed by atoms with Crippen molar-refractivity contribution in [2.45, 2.75) is 46.6 Å². The van der Waals surface area contributed by atoms with E-state index >= 15 is 0 Å². The number of hydrogen-bond donors (Lipinski definition) is 3. The molecule has 1 heterocycles. The Morgan fingerprint density at radius 2 is 1.82 bits per heavy atom. The van der Waals surface area contributed by atoms with E-state index in [-0.39, 0.29) is 33.7 Å². The molecule has 0 aliphatic rings. The number of nitrogens with one attached hydrogen (secondary N) is 2. The molecule has 0 atom stereocenters. The van der Waals surface area contributed by atoms with Crippen LogP contribution < -0.4 is 15.8 Å². The molecule has 0 spiro atoms. The number of thioether (sulfide) groups is 1. The maximum Gasteiger partial charge on any atom is 0.224 e. The largest absolute Gasteiger partial charge is 0.497 e. The monoisotopic (exact) mass is 623 g/mol. The van der Waals surface area contributed by atoms with Crippen LogP contribution in [0.4, 0.5) is 5.69 Å². The molecule has 0 fully saturated rings. The zero-order valence-electron chi connectivity index (χ0n) is 22.7. The van der Waals surface area contributed by atoms with Crippen molar-refractivity contribution in [1.82, 2.24) is 0 Å². The minimum atomic E-state index is -3.93. The molecule has 1 aromatic heterocycles. The van der Waals surface area contributed by atoms with Crippen molar-refractivity contribution >= 4 is 60.2 Å². The van der Waals surface area contributed by atoms with Crippen LogP contribution in [-0.2, 0) is 24.5 Å². The summed E-state index contributed by atoms with van der Waals surface area (Å²) in [5.41, 5.74) is 8.12. The van der Waals surface area contributed by atoms with Gasteiger partial charge in [0.1, 0.15) is 21.4 Å². The first-order valence-electron chi connectivity index (χ1n) is 12.3. The third-order valence-electron chi connectivity index (χ3n) is 6.08. The van der Waals surface area contributed by atoms with Crippen LogP contribution in [-0.4, -0.2) is 54.0 Å². The first kappa shape index (κ1) is 31.7. The van der Waals surface area contributed by atoms with Gasteiger partial charge < -0.3 is 15.8 Å². The van der Waals surface area contributed by atoms with Gasteiger partial charge in [0, 0.05) is 30.1 Å². The third-order valence-corrected chi connectivity index (χ3v) is 11.4. The highest BCUT2D eigenvalue weighted by atomic mass is 32.2. The summed E-state index contributed by atoms with van der Waals surface area (Å²) in [6.45, 7) is 1.85. The van der Waals surface area contributed by atoms with Gasteiger partial charge in [-0.05, 0) is 61.4 Å². The van der Waals surface area contributed by atoms with Crippen molar-refractivity contribution in [3.8, 4) is 16.9 Å². The Labute approximate surface area is 243 Å². The second-order valence-corrected chi connectivity index (χ2v) is 15.6. The summed E-state index contributed by atoms with van der Waals surface area (Å²) in [7, 11) is -5.44. The molecular formula is C27H33N3O6S4. The molecule has 0 aliphatic carbocycles. The quantitative estimate of drug-likeness (QED) is 0.103. The van der Waals surface area contributed by atoms with Crippen LogP contribution in [0.3, 0.4) is 0 Å². The Kier molecular flexibility index (Phi) is 10.4. The molecule has 0 aliphatic heterocycles. The Balaban J connectivity index is 1.95. The lowest BCUT2D eigenvalue weighted by Gasteiger charge is -2.17. The summed E-state index contributed by atoms with van der Waals surface area (Å²) in [4.78, 5) is 13.4. The van der Waals surface area contributed by atoms with Crippen molar-refractivity contribution in [2.75, 3.05) is 30.7 Å². The predicted octanol–water partition coefficient (Wildman–Crippen LogP) is 5.11. The molecule has 0 radical (unpaired) electrons. The number of hydrogen-bond acceptors (Lipinski definition) is 9. The summed E-state index contributed by atoms with van der Waals surface area (Å²) >= 11 is 2.44. The smallest absolute Gasteiger partial charge is 0.224 e. The minimum Gasteiger partial charge on any atom is -0.497 e. The maximum absolute atomic E-state index is 13.7. The van der Waals surface area contributed by atoms with Crippen LogP contribution in [0.2, 0.25) is 0 Å². The van der Waals surface area contributed by atoms with Crippen molar-refractivity contribution < 1.29 is 26.4 Å². The summed E-state index contributed by atoms with van der Waals surface area (Å²) in [5.74, 6) is 0.192. The number of thiophene rings is 1. The summed E-state index contributed by atoms with van der Waals surface area (Å²) in [6.07, 6.45) is 4.81. The van der Waals surface area contributed by atoms with Crippen LogP contribution in [0.5, 0.6) is 5.75 Å². The molecule has 2 aromatic carbocycles. The van der Waals surface area contributed by atoms with Gasteiger partial charge in [-0.3, -0.25) is 10.2 Å². The lowest BCUT2D eigenvalue weighted by Crippen LogP contribution is -2.13. The van der Waals surface area contributed by atoms with E-state index in [2.05, 4.69) is 5.32 Å². The molecule has 216 valence electrons. The molecule has 9 nitrogen and oxygen atoms in total. The second-order valence-electron chi connectivity index (χ2n) is 9.27. The standard InChI is InChI=1S/C27H33N3O6S4/c1-17-13-19(36-2)15-21(30-24(31)11-6-5-7-12-39(4,32)33)25(17)18-9-8-10-20(14-18)40(34,35)23-16-22(26(28)29)38-27(23)37-3/h8-10,13-16H,5-7,11-12H2,1-4H3,(H3,28,29)(H,30,31). The average molecular weight is 624 g/mol. The highest BCUT2D eigenvalue weighted by molar-refractivity contribution is 8.01. The molecule has 40 heavy (non-hydrogen) atoms. The SMILES string of the molecule is COc1cc(C)c(-c2cccc(S(=O)(=O)c3cc(C(=N)N)sc3SC)c2)c(NC(=O)CCCCCS(C)(=O)=O)c1. The number of aryl methyl sites for hydroxylation is 1. The van der Waals surface area contributed by atoms with Gasteiger partial charge in [0.25, 0.3) is 0 Å². The number of nitrogens with two attached hydrogens (primary N) is 1. The fraction of sp³-hybridized carbons (Fsp3) is 0.333. The van der Waals surface area contributed by atoms with Crippen LogP contribution in [0.1, 0.15) is 36.1 Å². The number of nitrogen functional groups attached to an aromatic ring is 1. The highest BCUT2D eigenvalue weighted by Crippen LogP contribution is 2.40. The van der Waals surface area contributed by atoms with Gasteiger partial charge in [0.15, 0.2) is 0 Å². The number of amides is 1. The second kappa shape index (κ2) is 13.2. The average Bonchev–Trinajstić information content (AvgIpc) is 3.33. The van der Waals surface area contributed by atoms with Gasteiger partial charge in [0.05, 0.1) is 31.7 Å². The normalized spacial score (nSPS) is 11.8.